The van der Waals surface area contributed by atoms with Crippen molar-refractivity contribution in [3.63, 3.8) is 0 Å². The third-order valence-electron chi connectivity index (χ3n) is 2.77. The Kier molecular flexibility index (Phi) is 5.33. The molecule has 0 saturated carbocycles. The quantitative estimate of drug-likeness (QED) is 0.779. The summed E-state index contributed by atoms with van der Waals surface area (Å²) in [6.45, 7) is 0. The Balaban J connectivity index is 2.10. The Morgan fingerprint density at radius 3 is 2.48 bits per heavy atom. The van der Waals surface area contributed by atoms with Crippen molar-refractivity contribution in [3.05, 3.63) is 63.1 Å². The molecule has 21 heavy (non-hydrogen) atoms. The van der Waals surface area contributed by atoms with Gasteiger partial charge in [0.05, 0.1) is 15.6 Å². The van der Waals surface area contributed by atoms with E-state index in [1.807, 2.05) is 12.1 Å². The first-order chi connectivity index (χ1) is 9.95. The number of hydrogen-bond donors (Lipinski definition) is 2. The zero-order valence-corrected chi connectivity index (χ0v) is 14.1. The molecule has 108 valence electrons. The molecule has 0 radical (unpaired) electrons. The predicted octanol–water partition coefficient (Wildman–Crippen LogP) is 4.18. The lowest BCUT2D eigenvalue weighted by atomic mass is 10.1. The van der Waals surface area contributed by atoms with Gasteiger partial charge < -0.3 is 11.1 Å². The fourth-order valence-electron chi connectivity index (χ4n) is 1.78. The van der Waals surface area contributed by atoms with Crippen molar-refractivity contribution in [3.8, 4) is 0 Å². The molecule has 0 aromatic heterocycles. The SMILES string of the molecule is NC(=S)Cc1ccc(NC(=O)c2ccc(Br)cc2Cl)cc1. The Morgan fingerprint density at radius 1 is 1.24 bits per heavy atom. The van der Waals surface area contributed by atoms with Crippen LogP contribution >= 0.6 is 39.7 Å². The maximum atomic E-state index is 12.2. The molecule has 0 spiro atoms. The first-order valence-corrected chi connectivity index (χ1v) is 7.67. The predicted molar refractivity (Wildman–Crippen MR) is 94.0 cm³/mol. The first kappa shape index (κ1) is 15.9. The summed E-state index contributed by atoms with van der Waals surface area (Å²) >= 11 is 14.2. The smallest absolute Gasteiger partial charge is 0.257 e. The van der Waals surface area contributed by atoms with Crippen molar-refractivity contribution in [2.45, 2.75) is 6.42 Å². The van der Waals surface area contributed by atoms with Gasteiger partial charge >= 0.3 is 0 Å². The van der Waals surface area contributed by atoms with Gasteiger partial charge in [-0.15, -0.1) is 0 Å². The van der Waals surface area contributed by atoms with Crippen molar-refractivity contribution in [2.75, 3.05) is 5.32 Å². The van der Waals surface area contributed by atoms with E-state index in [0.29, 0.717) is 27.7 Å². The number of anilines is 1. The van der Waals surface area contributed by atoms with Gasteiger partial charge in [0, 0.05) is 16.6 Å². The van der Waals surface area contributed by atoms with E-state index in [1.165, 1.54) is 0 Å². The van der Waals surface area contributed by atoms with Crippen LogP contribution in [0.25, 0.3) is 0 Å². The number of thiocarbonyl (C=S) groups is 1. The Morgan fingerprint density at radius 2 is 1.90 bits per heavy atom. The molecule has 3 nitrogen and oxygen atoms in total. The Hall–Kier alpha value is -1.43. The van der Waals surface area contributed by atoms with Crippen LogP contribution in [0.4, 0.5) is 5.69 Å². The summed E-state index contributed by atoms with van der Waals surface area (Å²) < 4.78 is 0.825. The van der Waals surface area contributed by atoms with Gasteiger partial charge in [0.15, 0.2) is 0 Å². The molecular formula is C15H12BrClN2OS. The van der Waals surface area contributed by atoms with Crippen LogP contribution in [-0.4, -0.2) is 10.9 Å². The minimum Gasteiger partial charge on any atom is -0.393 e. The largest absolute Gasteiger partial charge is 0.393 e. The van der Waals surface area contributed by atoms with Crippen LogP contribution in [0.2, 0.25) is 5.02 Å². The van der Waals surface area contributed by atoms with Gasteiger partial charge in [0.25, 0.3) is 5.91 Å². The molecular weight excluding hydrogens is 372 g/mol. The second kappa shape index (κ2) is 7.02. The summed E-state index contributed by atoms with van der Waals surface area (Å²) in [6.07, 6.45) is 0.544. The summed E-state index contributed by atoms with van der Waals surface area (Å²) in [5.41, 5.74) is 7.60. The van der Waals surface area contributed by atoms with Gasteiger partial charge in [-0.2, -0.15) is 0 Å². The number of hydrogen-bond acceptors (Lipinski definition) is 2. The minimum absolute atomic E-state index is 0.255. The maximum Gasteiger partial charge on any atom is 0.257 e. The van der Waals surface area contributed by atoms with Gasteiger partial charge in [0.1, 0.15) is 0 Å². The normalized spacial score (nSPS) is 10.2. The summed E-state index contributed by atoms with van der Waals surface area (Å²) in [4.78, 5) is 12.6. The molecule has 0 heterocycles. The van der Waals surface area contributed by atoms with E-state index in [9.17, 15) is 4.79 Å². The molecule has 2 aromatic carbocycles. The topological polar surface area (TPSA) is 55.1 Å². The number of carbonyl (C=O) groups excluding carboxylic acids is 1. The highest BCUT2D eigenvalue weighted by atomic mass is 79.9. The molecule has 0 saturated heterocycles. The van der Waals surface area contributed by atoms with E-state index >= 15 is 0 Å². The van der Waals surface area contributed by atoms with Crippen molar-refractivity contribution in [1.29, 1.82) is 0 Å². The number of nitrogens with two attached hydrogens (primary N) is 1. The lowest BCUT2D eigenvalue weighted by Crippen LogP contribution is -2.13. The summed E-state index contributed by atoms with van der Waals surface area (Å²) in [5.74, 6) is -0.255. The molecule has 0 fully saturated rings. The fraction of sp³-hybridized carbons (Fsp3) is 0.0667. The summed E-state index contributed by atoms with van der Waals surface area (Å²) in [5, 5.41) is 3.19. The number of carbonyl (C=O) groups is 1. The molecule has 6 heteroatoms. The Labute approximate surface area is 141 Å². The van der Waals surface area contributed by atoms with Crippen molar-refractivity contribution in [1.82, 2.24) is 0 Å². The van der Waals surface area contributed by atoms with Crippen molar-refractivity contribution in [2.24, 2.45) is 5.73 Å². The van der Waals surface area contributed by atoms with E-state index in [4.69, 9.17) is 29.6 Å². The highest BCUT2D eigenvalue weighted by molar-refractivity contribution is 9.10. The third kappa shape index (κ3) is 4.52. The average molecular weight is 384 g/mol. The first-order valence-electron chi connectivity index (χ1n) is 6.09. The number of rotatable bonds is 4. The molecule has 0 aliphatic carbocycles. The molecule has 2 aromatic rings. The van der Waals surface area contributed by atoms with Crippen LogP contribution in [0.5, 0.6) is 0 Å². The van der Waals surface area contributed by atoms with E-state index < -0.39 is 0 Å². The highest BCUT2D eigenvalue weighted by Gasteiger charge is 2.10. The second-order valence-electron chi connectivity index (χ2n) is 4.42. The molecule has 0 aliphatic rings. The minimum atomic E-state index is -0.255. The maximum absolute atomic E-state index is 12.2. The van der Waals surface area contributed by atoms with Crippen LogP contribution in [0, 0.1) is 0 Å². The zero-order chi connectivity index (χ0) is 15.4. The molecule has 0 unspecified atom stereocenters. The van der Waals surface area contributed by atoms with E-state index in [1.54, 1.807) is 30.3 Å². The molecule has 0 atom stereocenters. The van der Waals surface area contributed by atoms with Crippen LogP contribution in [0.1, 0.15) is 15.9 Å². The van der Waals surface area contributed by atoms with Gasteiger partial charge in [-0.05, 0) is 35.9 Å². The molecule has 1 amide bonds. The van der Waals surface area contributed by atoms with E-state index in [0.717, 1.165) is 10.0 Å². The second-order valence-corrected chi connectivity index (χ2v) is 6.27. The lowest BCUT2D eigenvalue weighted by Gasteiger charge is -2.08. The number of benzene rings is 2. The number of nitrogens with one attached hydrogen (secondary N) is 1. The number of amides is 1. The van der Waals surface area contributed by atoms with Crippen molar-refractivity contribution >= 4 is 56.3 Å². The van der Waals surface area contributed by atoms with Gasteiger partial charge in [0.2, 0.25) is 0 Å². The van der Waals surface area contributed by atoms with Gasteiger partial charge in [-0.1, -0.05) is 51.9 Å². The van der Waals surface area contributed by atoms with Crippen LogP contribution < -0.4 is 11.1 Å². The zero-order valence-electron chi connectivity index (χ0n) is 10.9. The van der Waals surface area contributed by atoms with E-state index in [2.05, 4.69) is 21.2 Å². The highest BCUT2D eigenvalue weighted by Crippen LogP contribution is 2.22. The monoisotopic (exact) mass is 382 g/mol. The van der Waals surface area contributed by atoms with E-state index in [-0.39, 0.29) is 5.91 Å². The molecule has 2 rings (SSSR count). The van der Waals surface area contributed by atoms with Crippen LogP contribution in [0.3, 0.4) is 0 Å². The average Bonchev–Trinajstić information content (AvgIpc) is 2.40. The van der Waals surface area contributed by atoms with Gasteiger partial charge in [-0.25, -0.2) is 0 Å². The Bertz CT molecular complexity index is 689. The number of halogens is 2. The summed E-state index contributed by atoms with van der Waals surface area (Å²) in [6, 6.07) is 12.5. The molecule has 0 aliphatic heterocycles. The molecule has 0 bridgehead atoms. The fourth-order valence-corrected chi connectivity index (χ4v) is 2.71. The van der Waals surface area contributed by atoms with Crippen LogP contribution in [0.15, 0.2) is 46.9 Å². The van der Waals surface area contributed by atoms with Crippen LogP contribution in [-0.2, 0) is 6.42 Å². The lowest BCUT2D eigenvalue weighted by molar-refractivity contribution is 0.102. The van der Waals surface area contributed by atoms with Crippen molar-refractivity contribution < 1.29 is 4.79 Å². The third-order valence-corrected chi connectivity index (χ3v) is 3.72. The van der Waals surface area contributed by atoms with Gasteiger partial charge in [-0.3, -0.25) is 4.79 Å². The standard InChI is InChI=1S/C15H12BrClN2OS/c16-10-3-6-12(13(17)8-10)15(20)19-11-4-1-9(2-5-11)7-14(18)21/h1-6,8H,7H2,(H2,18,21)(H,19,20). The molecule has 3 N–H and O–H groups in total. The summed E-state index contributed by atoms with van der Waals surface area (Å²) in [7, 11) is 0.